The summed E-state index contributed by atoms with van der Waals surface area (Å²) in [6, 6.07) is 6.18. The fourth-order valence-corrected chi connectivity index (χ4v) is 1.98. The molecule has 2 amide bonds. The summed E-state index contributed by atoms with van der Waals surface area (Å²) in [6.45, 7) is 4.78. The molecule has 5 nitrogen and oxygen atoms in total. The fraction of sp³-hybridized carbons (Fsp3) is 0.467. The van der Waals surface area contributed by atoms with E-state index < -0.39 is 5.97 Å². The molecule has 0 aliphatic carbocycles. The number of nitrogens with zero attached hydrogens (tertiary/aromatic N) is 1. The van der Waals surface area contributed by atoms with Gasteiger partial charge in [-0.15, -0.1) is 0 Å². The number of carbonyl (C=O) groups excluding carboxylic acids is 1. The van der Waals surface area contributed by atoms with Crippen molar-refractivity contribution in [3.8, 4) is 0 Å². The summed E-state index contributed by atoms with van der Waals surface area (Å²) in [4.78, 5) is 24.6. The van der Waals surface area contributed by atoms with Gasteiger partial charge in [0, 0.05) is 13.6 Å². The zero-order chi connectivity index (χ0) is 15.1. The lowest BCUT2D eigenvalue weighted by molar-refractivity contribution is 0.0697. The first-order valence-electron chi connectivity index (χ1n) is 6.85. The lowest BCUT2D eigenvalue weighted by Crippen LogP contribution is -2.40. The lowest BCUT2D eigenvalue weighted by Gasteiger charge is -2.21. The average molecular weight is 278 g/mol. The van der Waals surface area contributed by atoms with Crippen molar-refractivity contribution in [1.82, 2.24) is 5.32 Å². The molecule has 0 heterocycles. The number of para-hydroxylation sites is 1. The van der Waals surface area contributed by atoms with Gasteiger partial charge in [0.2, 0.25) is 0 Å². The predicted octanol–water partition coefficient (Wildman–Crippen LogP) is 2.97. The number of rotatable bonds is 6. The Morgan fingerprint density at radius 1 is 1.25 bits per heavy atom. The summed E-state index contributed by atoms with van der Waals surface area (Å²) >= 11 is 0. The molecule has 110 valence electrons. The normalized spacial score (nSPS) is 10.4. The number of aromatic carboxylic acids is 1. The van der Waals surface area contributed by atoms with Crippen molar-refractivity contribution in [2.24, 2.45) is 5.92 Å². The van der Waals surface area contributed by atoms with Gasteiger partial charge in [0.25, 0.3) is 0 Å². The number of hydrogen-bond acceptors (Lipinski definition) is 2. The van der Waals surface area contributed by atoms with Crippen LogP contribution >= 0.6 is 0 Å². The van der Waals surface area contributed by atoms with Crippen LogP contribution < -0.4 is 10.2 Å². The zero-order valence-electron chi connectivity index (χ0n) is 12.2. The first kappa shape index (κ1) is 16.0. The van der Waals surface area contributed by atoms with Gasteiger partial charge in [-0.05, 0) is 18.1 Å². The molecule has 0 bridgehead atoms. The van der Waals surface area contributed by atoms with E-state index in [2.05, 4.69) is 19.2 Å². The Kier molecular flexibility index (Phi) is 6.03. The summed E-state index contributed by atoms with van der Waals surface area (Å²) < 4.78 is 0. The number of carbonyl (C=O) groups is 2. The highest BCUT2D eigenvalue weighted by atomic mass is 16.4. The second kappa shape index (κ2) is 7.53. The zero-order valence-corrected chi connectivity index (χ0v) is 12.2. The van der Waals surface area contributed by atoms with Crippen LogP contribution in [0.15, 0.2) is 24.3 Å². The number of nitrogens with one attached hydrogen (secondary N) is 1. The molecule has 0 aliphatic rings. The summed E-state index contributed by atoms with van der Waals surface area (Å²) in [7, 11) is 1.57. The molecule has 0 spiro atoms. The van der Waals surface area contributed by atoms with E-state index in [4.69, 9.17) is 5.11 Å². The maximum absolute atomic E-state index is 12.1. The highest BCUT2D eigenvalue weighted by Crippen LogP contribution is 2.19. The van der Waals surface area contributed by atoms with Crippen molar-refractivity contribution in [1.29, 1.82) is 0 Å². The molecule has 2 N–H and O–H groups in total. The van der Waals surface area contributed by atoms with E-state index in [0.29, 0.717) is 18.2 Å². The standard InChI is InChI=1S/C15H22N2O3/c1-4-11(5-2)10-16-15(20)17(3)13-9-7-6-8-12(13)14(18)19/h6-9,11H,4-5,10H2,1-3H3,(H,16,20)(H,18,19). The largest absolute Gasteiger partial charge is 0.478 e. The molecule has 0 aromatic heterocycles. The van der Waals surface area contributed by atoms with E-state index in [1.807, 2.05) is 0 Å². The molecule has 0 aliphatic heterocycles. The minimum Gasteiger partial charge on any atom is -0.478 e. The SMILES string of the molecule is CCC(CC)CNC(=O)N(C)c1ccccc1C(=O)O. The number of carboxylic acid groups (broad SMARTS) is 1. The van der Waals surface area contributed by atoms with Gasteiger partial charge in [-0.3, -0.25) is 4.90 Å². The van der Waals surface area contributed by atoms with E-state index >= 15 is 0 Å². The van der Waals surface area contributed by atoms with Crippen LogP contribution in [0.5, 0.6) is 0 Å². The molecule has 0 unspecified atom stereocenters. The lowest BCUT2D eigenvalue weighted by atomic mass is 10.0. The average Bonchev–Trinajstić information content (AvgIpc) is 2.47. The number of hydrogen-bond donors (Lipinski definition) is 2. The molecular weight excluding hydrogens is 256 g/mol. The number of urea groups is 1. The van der Waals surface area contributed by atoms with Crippen molar-refractivity contribution in [2.45, 2.75) is 26.7 Å². The maximum atomic E-state index is 12.1. The Bertz CT molecular complexity index is 470. The molecule has 0 fully saturated rings. The second-order valence-electron chi connectivity index (χ2n) is 4.75. The Hall–Kier alpha value is -2.04. The second-order valence-corrected chi connectivity index (χ2v) is 4.75. The molecule has 1 aromatic rings. The highest BCUT2D eigenvalue weighted by Gasteiger charge is 2.18. The first-order valence-corrected chi connectivity index (χ1v) is 6.85. The van der Waals surface area contributed by atoms with E-state index in [-0.39, 0.29) is 11.6 Å². The van der Waals surface area contributed by atoms with Crippen molar-refractivity contribution < 1.29 is 14.7 Å². The predicted molar refractivity (Wildman–Crippen MR) is 79.3 cm³/mol. The number of benzene rings is 1. The van der Waals surface area contributed by atoms with Gasteiger partial charge in [-0.1, -0.05) is 38.8 Å². The molecule has 20 heavy (non-hydrogen) atoms. The van der Waals surface area contributed by atoms with E-state index in [1.54, 1.807) is 25.2 Å². The first-order chi connectivity index (χ1) is 9.51. The van der Waals surface area contributed by atoms with E-state index in [0.717, 1.165) is 12.8 Å². The van der Waals surface area contributed by atoms with E-state index in [9.17, 15) is 9.59 Å². The summed E-state index contributed by atoms with van der Waals surface area (Å²) in [5.41, 5.74) is 0.509. The van der Waals surface area contributed by atoms with Crippen LogP contribution in [0.4, 0.5) is 10.5 Å². The van der Waals surface area contributed by atoms with Crippen molar-refractivity contribution in [3.63, 3.8) is 0 Å². The Balaban J connectivity index is 2.77. The van der Waals surface area contributed by atoms with Gasteiger partial charge in [-0.2, -0.15) is 0 Å². The number of anilines is 1. The third kappa shape index (κ3) is 3.98. The quantitative estimate of drug-likeness (QED) is 0.840. The molecule has 1 rings (SSSR count). The summed E-state index contributed by atoms with van der Waals surface area (Å²) in [5, 5.41) is 12.0. The minimum absolute atomic E-state index is 0.118. The molecular formula is C15H22N2O3. The van der Waals surface area contributed by atoms with Crippen LogP contribution in [0.1, 0.15) is 37.0 Å². The van der Waals surface area contributed by atoms with Crippen LogP contribution in [-0.4, -0.2) is 30.7 Å². The van der Waals surface area contributed by atoms with Crippen LogP contribution in [-0.2, 0) is 0 Å². The van der Waals surface area contributed by atoms with Gasteiger partial charge in [0.1, 0.15) is 0 Å². The Morgan fingerprint density at radius 3 is 2.40 bits per heavy atom. The highest BCUT2D eigenvalue weighted by molar-refractivity contribution is 6.01. The van der Waals surface area contributed by atoms with Gasteiger partial charge in [0.15, 0.2) is 0 Å². The summed E-state index contributed by atoms with van der Waals surface area (Å²) in [5.74, 6) is -0.595. The van der Waals surface area contributed by atoms with E-state index in [1.165, 1.54) is 11.0 Å². The monoisotopic (exact) mass is 278 g/mol. The molecule has 5 heteroatoms. The fourth-order valence-electron chi connectivity index (χ4n) is 1.98. The topological polar surface area (TPSA) is 69.6 Å². The third-order valence-electron chi connectivity index (χ3n) is 3.50. The van der Waals surface area contributed by atoms with Crippen LogP contribution in [0, 0.1) is 5.92 Å². The van der Waals surface area contributed by atoms with Gasteiger partial charge < -0.3 is 10.4 Å². The van der Waals surface area contributed by atoms with Crippen LogP contribution in [0.2, 0.25) is 0 Å². The summed E-state index contributed by atoms with van der Waals surface area (Å²) in [6.07, 6.45) is 2.01. The molecule has 1 aromatic carbocycles. The molecule has 0 radical (unpaired) electrons. The smallest absolute Gasteiger partial charge is 0.337 e. The van der Waals surface area contributed by atoms with Crippen molar-refractivity contribution in [3.05, 3.63) is 29.8 Å². The van der Waals surface area contributed by atoms with Crippen LogP contribution in [0.25, 0.3) is 0 Å². The van der Waals surface area contributed by atoms with Crippen LogP contribution in [0.3, 0.4) is 0 Å². The Morgan fingerprint density at radius 2 is 1.85 bits per heavy atom. The molecule has 0 saturated carbocycles. The van der Waals surface area contributed by atoms with Gasteiger partial charge >= 0.3 is 12.0 Å². The van der Waals surface area contributed by atoms with Crippen molar-refractivity contribution in [2.75, 3.05) is 18.5 Å². The maximum Gasteiger partial charge on any atom is 0.337 e. The molecule has 0 atom stereocenters. The van der Waals surface area contributed by atoms with Gasteiger partial charge in [-0.25, -0.2) is 9.59 Å². The minimum atomic E-state index is -1.04. The molecule has 0 saturated heterocycles. The Labute approximate surface area is 119 Å². The van der Waals surface area contributed by atoms with Gasteiger partial charge in [0.05, 0.1) is 11.3 Å². The number of carboxylic acids is 1. The third-order valence-corrected chi connectivity index (χ3v) is 3.50. The number of amides is 2. The van der Waals surface area contributed by atoms with Crippen molar-refractivity contribution >= 4 is 17.7 Å².